The Hall–Kier alpha value is -3.67. The van der Waals surface area contributed by atoms with Crippen LogP contribution in [0.2, 0.25) is 0 Å². The molecule has 1 aliphatic heterocycles. The van der Waals surface area contributed by atoms with E-state index < -0.39 is 23.5 Å². The highest BCUT2D eigenvalue weighted by Gasteiger charge is 2.44. The summed E-state index contributed by atoms with van der Waals surface area (Å²) < 4.78 is 5.20. The minimum absolute atomic E-state index is 0.0270. The molecule has 140 valence electrons. The van der Waals surface area contributed by atoms with Gasteiger partial charge in [-0.25, -0.2) is 0 Å². The number of carbonyl (C=O) groups is 2. The van der Waals surface area contributed by atoms with E-state index in [-0.39, 0.29) is 11.3 Å². The van der Waals surface area contributed by atoms with Crippen molar-refractivity contribution in [2.24, 2.45) is 0 Å². The lowest BCUT2D eigenvalue weighted by atomic mass is 9.95. The fourth-order valence-electron chi connectivity index (χ4n) is 3.44. The number of rotatable bonds is 6. The Kier molecular flexibility index (Phi) is 4.76. The van der Waals surface area contributed by atoms with E-state index in [0.717, 1.165) is 5.56 Å². The number of hydrogen-bond acceptors (Lipinski definition) is 5. The molecule has 0 fully saturated rings. The number of ketones is 1. The van der Waals surface area contributed by atoms with Gasteiger partial charge in [0.2, 0.25) is 5.78 Å². The van der Waals surface area contributed by atoms with Gasteiger partial charge in [0.1, 0.15) is 0 Å². The van der Waals surface area contributed by atoms with Crippen LogP contribution in [0.25, 0.3) is 0 Å². The highest BCUT2D eigenvalue weighted by atomic mass is 16.3. The van der Waals surface area contributed by atoms with Crippen molar-refractivity contribution in [2.75, 3.05) is 6.54 Å². The predicted octanol–water partition coefficient (Wildman–Crippen LogP) is 3.50. The van der Waals surface area contributed by atoms with Gasteiger partial charge in [0, 0.05) is 18.9 Å². The van der Waals surface area contributed by atoms with Gasteiger partial charge in [-0.2, -0.15) is 0 Å². The van der Waals surface area contributed by atoms with E-state index in [1.807, 2.05) is 30.3 Å². The Labute approximate surface area is 161 Å². The molecule has 0 aliphatic carbocycles. The maximum atomic E-state index is 13.0. The zero-order valence-corrected chi connectivity index (χ0v) is 15.0. The summed E-state index contributed by atoms with van der Waals surface area (Å²) in [6, 6.07) is 15.6. The first kappa shape index (κ1) is 17.7. The van der Waals surface area contributed by atoms with Crippen LogP contribution in [0.4, 0.5) is 0 Å². The van der Waals surface area contributed by atoms with E-state index in [1.165, 1.54) is 17.2 Å². The summed E-state index contributed by atoms with van der Waals surface area (Å²) in [6.45, 7) is 0.356. The average Bonchev–Trinajstić information content (AvgIpc) is 3.36. The molecule has 1 atom stereocenters. The quantitative estimate of drug-likeness (QED) is 0.668. The molecule has 28 heavy (non-hydrogen) atoms. The van der Waals surface area contributed by atoms with Crippen molar-refractivity contribution in [1.82, 2.24) is 9.88 Å². The van der Waals surface area contributed by atoms with Gasteiger partial charge < -0.3 is 14.4 Å². The van der Waals surface area contributed by atoms with Crippen LogP contribution >= 0.6 is 0 Å². The van der Waals surface area contributed by atoms with Crippen molar-refractivity contribution >= 4 is 11.7 Å². The predicted molar refractivity (Wildman–Crippen MR) is 102 cm³/mol. The maximum absolute atomic E-state index is 13.0. The molecule has 0 bridgehead atoms. The number of aromatic nitrogens is 1. The van der Waals surface area contributed by atoms with Crippen LogP contribution in [0.5, 0.6) is 0 Å². The first-order chi connectivity index (χ1) is 13.7. The molecular formula is C22H18N2O4. The van der Waals surface area contributed by atoms with Crippen LogP contribution in [-0.4, -0.2) is 33.2 Å². The third-order valence-electron chi connectivity index (χ3n) is 4.80. The van der Waals surface area contributed by atoms with Crippen molar-refractivity contribution in [1.29, 1.82) is 0 Å². The van der Waals surface area contributed by atoms with Crippen molar-refractivity contribution in [3.8, 4) is 0 Å². The van der Waals surface area contributed by atoms with Gasteiger partial charge in [-0.05, 0) is 41.8 Å². The zero-order valence-electron chi connectivity index (χ0n) is 15.0. The lowest BCUT2D eigenvalue weighted by molar-refractivity contribution is -0.129. The highest BCUT2D eigenvalue weighted by molar-refractivity contribution is 6.15. The molecule has 6 nitrogen and oxygen atoms in total. The number of furan rings is 1. The molecule has 3 aromatic rings. The fourth-order valence-corrected chi connectivity index (χ4v) is 3.44. The van der Waals surface area contributed by atoms with E-state index in [9.17, 15) is 14.7 Å². The molecule has 1 N–H and O–H groups in total. The lowest BCUT2D eigenvalue weighted by Gasteiger charge is -2.26. The third-order valence-corrected chi connectivity index (χ3v) is 4.80. The fraction of sp³-hybridized carbons (Fsp3) is 0.136. The van der Waals surface area contributed by atoms with Crippen LogP contribution in [0.15, 0.2) is 89.0 Å². The number of benzene rings is 1. The Morgan fingerprint density at radius 1 is 1.07 bits per heavy atom. The van der Waals surface area contributed by atoms with Crippen LogP contribution in [0.1, 0.15) is 27.7 Å². The number of aliphatic hydroxyl groups is 1. The van der Waals surface area contributed by atoms with Gasteiger partial charge in [-0.3, -0.25) is 14.6 Å². The minimum Gasteiger partial charge on any atom is -0.503 e. The van der Waals surface area contributed by atoms with Crippen molar-refractivity contribution in [3.05, 3.63) is 101 Å². The molecule has 0 saturated heterocycles. The van der Waals surface area contributed by atoms with Gasteiger partial charge >= 0.3 is 0 Å². The topological polar surface area (TPSA) is 83.6 Å². The van der Waals surface area contributed by atoms with Gasteiger partial charge in [0.05, 0.1) is 17.9 Å². The van der Waals surface area contributed by atoms with E-state index >= 15 is 0 Å². The second-order valence-corrected chi connectivity index (χ2v) is 6.49. The molecular weight excluding hydrogens is 356 g/mol. The van der Waals surface area contributed by atoms with Crippen LogP contribution in [0.3, 0.4) is 0 Å². The standard InChI is InChI=1S/C22H18N2O4/c25-20(17-7-4-14-28-17)18-19(16-8-11-23-12-9-16)24(22(27)21(18)26)13-10-15-5-2-1-3-6-15/h1-9,11-12,14,19,26H,10,13H2/t19-/m1/s1. The zero-order chi connectivity index (χ0) is 19.5. The van der Waals surface area contributed by atoms with Crippen LogP contribution in [-0.2, 0) is 11.2 Å². The minimum atomic E-state index is -0.697. The molecule has 3 heterocycles. The SMILES string of the molecule is O=C(C1=C(O)C(=O)N(CCc2ccccc2)[C@@H]1c1ccncc1)c1ccco1. The largest absolute Gasteiger partial charge is 0.503 e. The number of amides is 1. The van der Waals surface area contributed by atoms with Gasteiger partial charge in [-0.1, -0.05) is 30.3 Å². The second kappa shape index (κ2) is 7.52. The third kappa shape index (κ3) is 3.20. The average molecular weight is 374 g/mol. The monoisotopic (exact) mass is 374 g/mol. The molecule has 0 unspecified atom stereocenters. The number of carbonyl (C=O) groups excluding carboxylic acids is 2. The van der Waals surface area contributed by atoms with Gasteiger partial charge in [0.15, 0.2) is 11.5 Å². The van der Waals surface area contributed by atoms with Gasteiger partial charge in [0.25, 0.3) is 5.91 Å². The Morgan fingerprint density at radius 2 is 1.82 bits per heavy atom. The Bertz CT molecular complexity index is 1010. The number of Topliss-reactive ketones (excluding diaryl/α,β-unsaturated/α-hetero) is 1. The second-order valence-electron chi connectivity index (χ2n) is 6.49. The van der Waals surface area contributed by atoms with Crippen molar-refractivity contribution in [2.45, 2.75) is 12.5 Å². The van der Waals surface area contributed by atoms with E-state index in [2.05, 4.69) is 4.98 Å². The first-order valence-electron chi connectivity index (χ1n) is 8.93. The molecule has 4 rings (SSSR count). The number of aliphatic hydroxyl groups excluding tert-OH is 1. The first-order valence-corrected chi connectivity index (χ1v) is 8.93. The Balaban J connectivity index is 1.70. The van der Waals surface area contributed by atoms with Crippen LogP contribution < -0.4 is 0 Å². The normalized spacial score (nSPS) is 16.6. The Morgan fingerprint density at radius 3 is 2.50 bits per heavy atom. The number of hydrogen-bond donors (Lipinski definition) is 1. The number of nitrogens with zero attached hydrogens (tertiary/aromatic N) is 2. The number of pyridine rings is 1. The summed E-state index contributed by atoms with van der Waals surface area (Å²) in [5, 5.41) is 10.5. The molecule has 2 aromatic heterocycles. The summed E-state index contributed by atoms with van der Waals surface area (Å²) in [4.78, 5) is 31.3. The molecule has 6 heteroatoms. The molecule has 1 aliphatic rings. The van der Waals surface area contributed by atoms with E-state index in [1.54, 1.807) is 30.6 Å². The summed E-state index contributed by atoms with van der Waals surface area (Å²) in [5.41, 5.74) is 1.80. The van der Waals surface area contributed by atoms with Crippen molar-refractivity contribution in [3.63, 3.8) is 0 Å². The summed E-state index contributed by atoms with van der Waals surface area (Å²) in [5.74, 6) is -1.51. The lowest BCUT2D eigenvalue weighted by Crippen LogP contribution is -2.33. The van der Waals surface area contributed by atoms with E-state index in [0.29, 0.717) is 18.5 Å². The molecule has 1 aromatic carbocycles. The summed E-state index contributed by atoms with van der Waals surface area (Å²) in [7, 11) is 0. The summed E-state index contributed by atoms with van der Waals surface area (Å²) >= 11 is 0. The van der Waals surface area contributed by atoms with E-state index in [4.69, 9.17) is 4.42 Å². The maximum Gasteiger partial charge on any atom is 0.290 e. The van der Waals surface area contributed by atoms with Gasteiger partial charge in [-0.15, -0.1) is 0 Å². The molecule has 0 spiro atoms. The summed E-state index contributed by atoms with van der Waals surface area (Å²) in [6.07, 6.45) is 5.18. The van der Waals surface area contributed by atoms with Crippen molar-refractivity contribution < 1.29 is 19.1 Å². The van der Waals surface area contributed by atoms with Crippen LogP contribution in [0, 0.1) is 0 Å². The molecule has 1 amide bonds. The highest BCUT2D eigenvalue weighted by Crippen LogP contribution is 2.38. The molecule has 0 radical (unpaired) electrons. The molecule has 0 saturated carbocycles. The smallest absolute Gasteiger partial charge is 0.290 e.